The molecule has 18 heavy (non-hydrogen) atoms. The number of rotatable bonds is 2. The summed E-state index contributed by atoms with van der Waals surface area (Å²) in [4.78, 5) is 15.6. The Labute approximate surface area is 112 Å². The van der Waals surface area contributed by atoms with Crippen molar-refractivity contribution in [3.8, 4) is 0 Å². The van der Waals surface area contributed by atoms with Crippen LogP contribution in [0.2, 0.25) is 0 Å². The SMILES string of the molecule is Cc1ccc(C(=O)Nc2cncc(F)c2)c(Br)c1. The van der Waals surface area contributed by atoms with Gasteiger partial charge >= 0.3 is 0 Å². The molecule has 5 heteroatoms. The summed E-state index contributed by atoms with van der Waals surface area (Å²) in [6.07, 6.45) is 2.47. The summed E-state index contributed by atoms with van der Waals surface area (Å²) >= 11 is 3.32. The van der Waals surface area contributed by atoms with Crippen LogP contribution < -0.4 is 5.32 Å². The number of halogens is 2. The maximum absolute atomic E-state index is 12.9. The molecule has 0 aliphatic rings. The Hall–Kier alpha value is -1.75. The average molecular weight is 309 g/mol. The predicted molar refractivity (Wildman–Crippen MR) is 71.0 cm³/mol. The van der Waals surface area contributed by atoms with E-state index in [1.807, 2.05) is 19.1 Å². The Kier molecular flexibility index (Phi) is 3.72. The molecule has 1 aromatic carbocycles. The largest absolute Gasteiger partial charge is 0.320 e. The normalized spacial score (nSPS) is 10.2. The molecule has 2 aromatic rings. The fraction of sp³-hybridized carbons (Fsp3) is 0.0769. The van der Waals surface area contributed by atoms with E-state index in [1.54, 1.807) is 6.07 Å². The van der Waals surface area contributed by atoms with E-state index in [9.17, 15) is 9.18 Å². The van der Waals surface area contributed by atoms with Crippen LogP contribution in [0.5, 0.6) is 0 Å². The first-order valence-electron chi connectivity index (χ1n) is 5.24. The molecule has 0 atom stereocenters. The maximum atomic E-state index is 12.9. The van der Waals surface area contributed by atoms with Crippen LogP contribution >= 0.6 is 15.9 Å². The summed E-state index contributed by atoms with van der Waals surface area (Å²) in [6, 6.07) is 6.61. The van der Waals surface area contributed by atoms with Crippen LogP contribution in [0.1, 0.15) is 15.9 Å². The molecule has 0 spiro atoms. The molecule has 0 saturated heterocycles. The quantitative estimate of drug-likeness (QED) is 0.922. The van der Waals surface area contributed by atoms with Crippen molar-refractivity contribution in [1.29, 1.82) is 0 Å². The van der Waals surface area contributed by atoms with Crippen LogP contribution in [-0.4, -0.2) is 10.9 Å². The number of carbonyl (C=O) groups is 1. The number of hydrogen-bond acceptors (Lipinski definition) is 2. The van der Waals surface area contributed by atoms with Gasteiger partial charge in [-0.3, -0.25) is 9.78 Å². The lowest BCUT2D eigenvalue weighted by Gasteiger charge is -2.07. The number of aromatic nitrogens is 1. The first kappa shape index (κ1) is 12.7. The van der Waals surface area contributed by atoms with Gasteiger partial charge in [0.1, 0.15) is 5.82 Å². The van der Waals surface area contributed by atoms with Crippen molar-refractivity contribution < 1.29 is 9.18 Å². The highest BCUT2D eigenvalue weighted by atomic mass is 79.9. The maximum Gasteiger partial charge on any atom is 0.256 e. The van der Waals surface area contributed by atoms with E-state index < -0.39 is 5.82 Å². The molecule has 0 radical (unpaired) electrons. The molecule has 0 fully saturated rings. The van der Waals surface area contributed by atoms with E-state index in [0.717, 1.165) is 11.8 Å². The number of benzene rings is 1. The van der Waals surface area contributed by atoms with Crippen LogP contribution in [0.4, 0.5) is 10.1 Å². The smallest absolute Gasteiger partial charge is 0.256 e. The zero-order valence-corrected chi connectivity index (χ0v) is 11.2. The van der Waals surface area contributed by atoms with Gasteiger partial charge in [-0.1, -0.05) is 6.07 Å². The molecule has 1 amide bonds. The molecular weight excluding hydrogens is 299 g/mol. The molecule has 1 N–H and O–H groups in total. The number of hydrogen-bond donors (Lipinski definition) is 1. The van der Waals surface area contributed by atoms with E-state index in [0.29, 0.717) is 15.7 Å². The van der Waals surface area contributed by atoms with E-state index in [1.165, 1.54) is 12.3 Å². The Morgan fingerprint density at radius 3 is 2.78 bits per heavy atom. The molecule has 0 aliphatic carbocycles. The van der Waals surface area contributed by atoms with Crippen LogP contribution in [-0.2, 0) is 0 Å². The first-order chi connectivity index (χ1) is 8.56. The standard InChI is InChI=1S/C13H10BrFN2O/c1-8-2-3-11(12(14)4-8)13(18)17-10-5-9(15)6-16-7-10/h2-7H,1H3,(H,17,18). The third kappa shape index (κ3) is 2.92. The van der Waals surface area contributed by atoms with Crippen molar-refractivity contribution in [1.82, 2.24) is 4.98 Å². The van der Waals surface area contributed by atoms with Crippen molar-refractivity contribution in [2.24, 2.45) is 0 Å². The highest BCUT2D eigenvalue weighted by Crippen LogP contribution is 2.19. The molecule has 1 aromatic heterocycles. The minimum Gasteiger partial charge on any atom is -0.320 e. The fourth-order valence-corrected chi connectivity index (χ4v) is 2.16. The second-order valence-corrected chi connectivity index (χ2v) is 4.68. The van der Waals surface area contributed by atoms with Crippen molar-refractivity contribution in [2.45, 2.75) is 6.92 Å². The second kappa shape index (κ2) is 5.27. The number of anilines is 1. The van der Waals surface area contributed by atoms with Crippen LogP contribution in [0.3, 0.4) is 0 Å². The lowest BCUT2D eigenvalue weighted by molar-refractivity contribution is 0.102. The summed E-state index contributed by atoms with van der Waals surface area (Å²) in [5.41, 5.74) is 1.86. The zero-order valence-electron chi connectivity index (χ0n) is 9.58. The molecule has 3 nitrogen and oxygen atoms in total. The van der Waals surface area contributed by atoms with Gasteiger partial charge in [0.05, 0.1) is 23.6 Å². The zero-order chi connectivity index (χ0) is 13.1. The monoisotopic (exact) mass is 308 g/mol. The number of aryl methyl sites for hydroxylation is 1. The number of carbonyl (C=O) groups excluding carboxylic acids is 1. The third-order valence-electron chi connectivity index (χ3n) is 2.33. The summed E-state index contributed by atoms with van der Waals surface area (Å²) < 4.78 is 13.6. The lowest BCUT2D eigenvalue weighted by atomic mass is 10.1. The Bertz CT molecular complexity index is 601. The Morgan fingerprint density at radius 2 is 2.11 bits per heavy atom. The van der Waals surface area contributed by atoms with Gasteiger partial charge in [-0.2, -0.15) is 0 Å². The summed E-state index contributed by atoms with van der Waals surface area (Å²) in [5.74, 6) is -0.801. The van der Waals surface area contributed by atoms with E-state index in [-0.39, 0.29) is 5.91 Å². The number of amides is 1. The molecular formula is C13H10BrFN2O. The number of nitrogens with zero attached hydrogens (tertiary/aromatic N) is 1. The second-order valence-electron chi connectivity index (χ2n) is 3.83. The molecule has 2 rings (SSSR count). The van der Waals surface area contributed by atoms with Gasteiger partial charge in [-0.05, 0) is 40.5 Å². The molecule has 1 heterocycles. The average Bonchev–Trinajstić information content (AvgIpc) is 2.28. The summed E-state index contributed by atoms with van der Waals surface area (Å²) in [5, 5.41) is 2.59. The van der Waals surface area contributed by atoms with Gasteiger partial charge in [-0.25, -0.2) is 4.39 Å². The highest BCUT2D eigenvalue weighted by molar-refractivity contribution is 9.10. The van der Waals surface area contributed by atoms with Crippen molar-refractivity contribution in [3.63, 3.8) is 0 Å². The van der Waals surface area contributed by atoms with Gasteiger partial charge in [0.2, 0.25) is 0 Å². The van der Waals surface area contributed by atoms with E-state index in [2.05, 4.69) is 26.2 Å². The van der Waals surface area contributed by atoms with Crippen molar-refractivity contribution in [2.75, 3.05) is 5.32 Å². The molecule has 92 valence electrons. The predicted octanol–water partition coefficient (Wildman–Crippen LogP) is 3.54. The van der Waals surface area contributed by atoms with Crippen molar-refractivity contribution in [3.05, 3.63) is 58.1 Å². The minimum atomic E-state index is -0.490. The molecule has 0 unspecified atom stereocenters. The Morgan fingerprint density at radius 1 is 1.33 bits per heavy atom. The fourth-order valence-electron chi connectivity index (χ4n) is 1.48. The Balaban J connectivity index is 2.22. The molecule has 0 bridgehead atoms. The minimum absolute atomic E-state index is 0.311. The lowest BCUT2D eigenvalue weighted by Crippen LogP contribution is -2.13. The van der Waals surface area contributed by atoms with Gasteiger partial charge in [0.15, 0.2) is 0 Å². The summed E-state index contributed by atoms with van der Waals surface area (Å²) in [6.45, 7) is 1.93. The van der Waals surface area contributed by atoms with Gasteiger partial charge in [0.25, 0.3) is 5.91 Å². The van der Waals surface area contributed by atoms with Gasteiger partial charge in [0, 0.05) is 10.5 Å². The first-order valence-corrected chi connectivity index (χ1v) is 6.03. The number of pyridine rings is 1. The van der Waals surface area contributed by atoms with E-state index in [4.69, 9.17) is 0 Å². The van der Waals surface area contributed by atoms with Crippen molar-refractivity contribution >= 4 is 27.5 Å². The molecule has 0 saturated carbocycles. The van der Waals surface area contributed by atoms with Gasteiger partial charge in [-0.15, -0.1) is 0 Å². The van der Waals surface area contributed by atoms with Crippen LogP contribution in [0.25, 0.3) is 0 Å². The highest BCUT2D eigenvalue weighted by Gasteiger charge is 2.10. The molecule has 0 aliphatic heterocycles. The summed E-state index contributed by atoms with van der Waals surface area (Å²) in [7, 11) is 0. The topological polar surface area (TPSA) is 42.0 Å². The van der Waals surface area contributed by atoms with Gasteiger partial charge < -0.3 is 5.32 Å². The third-order valence-corrected chi connectivity index (χ3v) is 2.99. The number of nitrogens with one attached hydrogen (secondary N) is 1. The van der Waals surface area contributed by atoms with Crippen LogP contribution in [0.15, 0.2) is 41.1 Å². The van der Waals surface area contributed by atoms with E-state index >= 15 is 0 Å². The van der Waals surface area contributed by atoms with Crippen LogP contribution in [0, 0.1) is 12.7 Å².